The second-order valence-electron chi connectivity index (χ2n) is 4.37. The molecule has 1 heterocycles. The number of hydrogen-bond donors (Lipinski definition) is 2. The molecule has 0 aromatic rings. The van der Waals surface area contributed by atoms with Crippen LogP contribution in [-0.4, -0.2) is 52.1 Å². The molecule has 1 saturated heterocycles. The summed E-state index contributed by atoms with van der Waals surface area (Å²) in [6.45, 7) is 10.6. The molecule has 4 heteroatoms. The Bertz CT molecular complexity index is 148. The lowest BCUT2D eigenvalue weighted by molar-refractivity contribution is -0.0862. The van der Waals surface area contributed by atoms with Crippen molar-refractivity contribution < 1.29 is 9.47 Å². The fourth-order valence-electron chi connectivity index (χ4n) is 1.49. The summed E-state index contributed by atoms with van der Waals surface area (Å²) in [5.74, 6) is 0.722. The second kappa shape index (κ2) is 8.05. The first-order valence-corrected chi connectivity index (χ1v) is 5.90. The SMILES string of the molecule is CC(C)CNCCNCC1COCCO1. The van der Waals surface area contributed by atoms with E-state index in [1.165, 1.54) is 0 Å². The van der Waals surface area contributed by atoms with Crippen LogP contribution in [0, 0.1) is 5.92 Å². The van der Waals surface area contributed by atoms with Gasteiger partial charge in [0, 0.05) is 19.6 Å². The van der Waals surface area contributed by atoms with Crippen LogP contribution in [0.1, 0.15) is 13.8 Å². The summed E-state index contributed by atoms with van der Waals surface area (Å²) in [6.07, 6.45) is 0.240. The highest BCUT2D eigenvalue weighted by Gasteiger charge is 2.12. The summed E-state index contributed by atoms with van der Waals surface area (Å²) in [5, 5.41) is 6.75. The summed E-state index contributed by atoms with van der Waals surface area (Å²) in [5.41, 5.74) is 0. The van der Waals surface area contributed by atoms with Crippen LogP contribution < -0.4 is 10.6 Å². The van der Waals surface area contributed by atoms with Gasteiger partial charge in [0.1, 0.15) is 0 Å². The van der Waals surface area contributed by atoms with Crippen LogP contribution in [0.15, 0.2) is 0 Å². The van der Waals surface area contributed by atoms with Crippen LogP contribution in [0.3, 0.4) is 0 Å². The normalized spacial score (nSPS) is 22.2. The highest BCUT2D eigenvalue weighted by Crippen LogP contribution is 1.98. The lowest BCUT2D eigenvalue weighted by Gasteiger charge is -2.23. The van der Waals surface area contributed by atoms with Gasteiger partial charge in [0.05, 0.1) is 25.9 Å². The highest BCUT2D eigenvalue weighted by atomic mass is 16.6. The van der Waals surface area contributed by atoms with Gasteiger partial charge >= 0.3 is 0 Å². The molecule has 1 aliphatic rings. The van der Waals surface area contributed by atoms with Gasteiger partial charge in [-0.2, -0.15) is 0 Å². The first kappa shape index (κ1) is 12.9. The standard InChI is InChI=1S/C11H24N2O2/c1-10(2)7-12-3-4-13-8-11-9-14-5-6-15-11/h10-13H,3-9H2,1-2H3. The van der Waals surface area contributed by atoms with Crippen LogP contribution in [0.5, 0.6) is 0 Å². The molecule has 0 spiro atoms. The molecule has 1 unspecified atom stereocenters. The molecule has 4 nitrogen and oxygen atoms in total. The average molecular weight is 216 g/mol. The van der Waals surface area contributed by atoms with E-state index in [1.54, 1.807) is 0 Å². The molecule has 1 atom stereocenters. The van der Waals surface area contributed by atoms with Crippen molar-refractivity contribution in [3.8, 4) is 0 Å². The molecule has 0 amide bonds. The molecule has 0 bridgehead atoms. The van der Waals surface area contributed by atoms with Gasteiger partial charge in [0.15, 0.2) is 0 Å². The van der Waals surface area contributed by atoms with E-state index >= 15 is 0 Å². The zero-order valence-corrected chi connectivity index (χ0v) is 9.92. The molecule has 0 radical (unpaired) electrons. The minimum Gasteiger partial charge on any atom is -0.376 e. The third-order valence-electron chi connectivity index (χ3n) is 2.29. The van der Waals surface area contributed by atoms with Gasteiger partial charge in [-0.1, -0.05) is 13.8 Å². The molecule has 0 saturated carbocycles. The summed E-state index contributed by atoms with van der Waals surface area (Å²) in [6, 6.07) is 0. The molecular formula is C11H24N2O2. The van der Waals surface area contributed by atoms with E-state index < -0.39 is 0 Å². The molecule has 0 aliphatic carbocycles. The lowest BCUT2D eigenvalue weighted by Crippen LogP contribution is -2.39. The summed E-state index contributed by atoms with van der Waals surface area (Å²) in [4.78, 5) is 0. The van der Waals surface area contributed by atoms with Crippen LogP contribution >= 0.6 is 0 Å². The number of nitrogens with one attached hydrogen (secondary N) is 2. The summed E-state index contributed by atoms with van der Waals surface area (Å²) >= 11 is 0. The third kappa shape index (κ3) is 6.84. The van der Waals surface area contributed by atoms with Crippen molar-refractivity contribution in [1.29, 1.82) is 0 Å². The Balaban J connectivity index is 1.83. The van der Waals surface area contributed by atoms with Crippen molar-refractivity contribution in [1.82, 2.24) is 10.6 Å². The first-order valence-electron chi connectivity index (χ1n) is 5.90. The van der Waals surface area contributed by atoms with E-state index in [0.29, 0.717) is 0 Å². The maximum atomic E-state index is 5.51. The van der Waals surface area contributed by atoms with Gasteiger partial charge in [0.2, 0.25) is 0 Å². The number of hydrogen-bond acceptors (Lipinski definition) is 4. The number of ether oxygens (including phenoxy) is 2. The van der Waals surface area contributed by atoms with Crippen molar-refractivity contribution in [2.24, 2.45) is 5.92 Å². The molecule has 0 aromatic carbocycles. The predicted octanol–water partition coefficient (Wildman–Crippen LogP) is 0.237. The van der Waals surface area contributed by atoms with Gasteiger partial charge < -0.3 is 20.1 Å². The molecule has 1 rings (SSSR count). The van der Waals surface area contributed by atoms with E-state index in [2.05, 4.69) is 24.5 Å². The minimum absolute atomic E-state index is 0.240. The maximum Gasteiger partial charge on any atom is 0.0933 e. The third-order valence-corrected chi connectivity index (χ3v) is 2.29. The zero-order valence-electron chi connectivity index (χ0n) is 9.92. The Morgan fingerprint density at radius 3 is 2.67 bits per heavy atom. The second-order valence-corrected chi connectivity index (χ2v) is 4.37. The fourth-order valence-corrected chi connectivity index (χ4v) is 1.49. The van der Waals surface area contributed by atoms with E-state index in [9.17, 15) is 0 Å². The van der Waals surface area contributed by atoms with Crippen molar-refractivity contribution in [2.45, 2.75) is 20.0 Å². The fraction of sp³-hybridized carbons (Fsp3) is 1.00. The predicted molar refractivity (Wildman–Crippen MR) is 61.1 cm³/mol. The summed E-state index contributed by atoms with van der Waals surface area (Å²) < 4.78 is 10.8. The van der Waals surface area contributed by atoms with Crippen molar-refractivity contribution in [3.05, 3.63) is 0 Å². The van der Waals surface area contributed by atoms with Gasteiger partial charge in [-0.05, 0) is 12.5 Å². The van der Waals surface area contributed by atoms with E-state index in [1.807, 2.05) is 0 Å². The Morgan fingerprint density at radius 1 is 1.20 bits per heavy atom. The molecule has 2 N–H and O–H groups in total. The Kier molecular flexibility index (Phi) is 6.92. The van der Waals surface area contributed by atoms with Crippen LogP contribution in [0.2, 0.25) is 0 Å². The quantitative estimate of drug-likeness (QED) is 0.598. The van der Waals surface area contributed by atoms with Gasteiger partial charge in [-0.3, -0.25) is 0 Å². The van der Waals surface area contributed by atoms with E-state index in [-0.39, 0.29) is 6.10 Å². The van der Waals surface area contributed by atoms with Crippen molar-refractivity contribution in [2.75, 3.05) is 46.0 Å². The number of rotatable bonds is 7. The Morgan fingerprint density at radius 2 is 2.00 bits per heavy atom. The Hall–Kier alpha value is -0.160. The topological polar surface area (TPSA) is 42.5 Å². The van der Waals surface area contributed by atoms with Gasteiger partial charge in [-0.15, -0.1) is 0 Å². The summed E-state index contributed by atoms with van der Waals surface area (Å²) in [7, 11) is 0. The molecule has 15 heavy (non-hydrogen) atoms. The smallest absolute Gasteiger partial charge is 0.0933 e. The van der Waals surface area contributed by atoms with Crippen LogP contribution in [-0.2, 0) is 9.47 Å². The van der Waals surface area contributed by atoms with Crippen LogP contribution in [0.25, 0.3) is 0 Å². The molecule has 1 aliphatic heterocycles. The zero-order chi connectivity index (χ0) is 10.9. The first-order chi connectivity index (χ1) is 7.29. The average Bonchev–Trinajstić information content (AvgIpc) is 2.24. The van der Waals surface area contributed by atoms with Crippen molar-refractivity contribution >= 4 is 0 Å². The van der Waals surface area contributed by atoms with E-state index in [4.69, 9.17) is 9.47 Å². The van der Waals surface area contributed by atoms with Gasteiger partial charge in [0.25, 0.3) is 0 Å². The maximum absolute atomic E-state index is 5.51. The molecule has 0 aromatic heterocycles. The highest BCUT2D eigenvalue weighted by molar-refractivity contribution is 4.64. The molecule has 90 valence electrons. The molecular weight excluding hydrogens is 192 g/mol. The molecule has 1 fully saturated rings. The largest absolute Gasteiger partial charge is 0.376 e. The van der Waals surface area contributed by atoms with Gasteiger partial charge in [-0.25, -0.2) is 0 Å². The van der Waals surface area contributed by atoms with Crippen LogP contribution in [0.4, 0.5) is 0 Å². The van der Waals surface area contributed by atoms with Crippen molar-refractivity contribution in [3.63, 3.8) is 0 Å². The minimum atomic E-state index is 0.240. The van der Waals surface area contributed by atoms with E-state index in [0.717, 1.165) is 51.9 Å². The Labute approximate surface area is 92.7 Å². The monoisotopic (exact) mass is 216 g/mol. The lowest BCUT2D eigenvalue weighted by atomic mass is 10.2.